The molecule has 0 aromatic heterocycles. The number of ether oxygens (including phenoxy) is 2. The standard InChI is InChI=1S/C22H24N2O4/c1-3-4-13-23-21(25)15-24-18-7-5-6-8-19(18)28-20(22(24)26)14-16-9-11-17(27-2)12-10-16/h5-12,14H,3-4,13,15H2,1-2H3,(H,23,25). The van der Waals surface area contributed by atoms with Crippen molar-refractivity contribution < 1.29 is 19.1 Å². The smallest absolute Gasteiger partial charge is 0.294 e. The molecule has 1 heterocycles. The summed E-state index contributed by atoms with van der Waals surface area (Å²) in [6.07, 6.45) is 3.57. The van der Waals surface area contributed by atoms with Crippen LogP contribution in [0.25, 0.3) is 6.08 Å². The summed E-state index contributed by atoms with van der Waals surface area (Å²) < 4.78 is 11.0. The molecular formula is C22H24N2O4. The Kier molecular flexibility index (Phi) is 6.32. The van der Waals surface area contributed by atoms with Crippen molar-refractivity contribution >= 4 is 23.6 Å². The molecule has 3 rings (SSSR count). The number of carbonyl (C=O) groups excluding carboxylic acids is 2. The van der Waals surface area contributed by atoms with Gasteiger partial charge in [0.25, 0.3) is 5.91 Å². The maximum Gasteiger partial charge on any atom is 0.294 e. The second kappa shape index (κ2) is 9.08. The van der Waals surface area contributed by atoms with Gasteiger partial charge in [-0.15, -0.1) is 0 Å². The lowest BCUT2D eigenvalue weighted by molar-refractivity contribution is -0.123. The highest BCUT2D eigenvalue weighted by molar-refractivity contribution is 6.12. The zero-order valence-electron chi connectivity index (χ0n) is 16.1. The van der Waals surface area contributed by atoms with Crippen LogP contribution in [0.3, 0.4) is 0 Å². The van der Waals surface area contributed by atoms with Crippen LogP contribution in [0.15, 0.2) is 54.3 Å². The summed E-state index contributed by atoms with van der Waals surface area (Å²) in [4.78, 5) is 26.8. The van der Waals surface area contributed by atoms with Crippen LogP contribution >= 0.6 is 0 Å². The highest BCUT2D eigenvalue weighted by Gasteiger charge is 2.31. The van der Waals surface area contributed by atoms with Gasteiger partial charge < -0.3 is 14.8 Å². The molecule has 0 spiro atoms. The zero-order chi connectivity index (χ0) is 19.9. The molecule has 0 saturated carbocycles. The second-order valence-corrected chi connectivity index (χ2v) is 6.45. The van der Waals surface area contributed by atoms with Crippen LogP contribution in [-0.4, -0.2) is 32.0 Å². The molecule has 6 heteroatoms. The molecule has 28 heavy (non-hydrogen) atoms. The Morgan fingerprint density at radius 1 is 1.18 bits per heavy atom. The van der Waals surface area contributed by atoms with E-state index in [1.165, 1.54) is 4.90 Å². The summed E-state index contributed by atoms with van der Waals surface area (Å²) in [6.45, 7) is 2.61. The third-order valence-corrected chi connectivity index (χ3v) is 4.40. The van der Waals surface area contributed by atoms with Gasteiger partial charge in [-0.25, -0.2) is 0 Å². The Balaban J connectivity index is 1.85. The van der Waals surface area contributed by atoms with Gasteiger partial charge in [0.1, 0.15) is 12.3 Å². The number of rotatable bonds is 7. The number of anilines is 1. The Hall–Kier alpha value is -3.28. The van der Waals surface area contributed by atoms with Gasteiger partial charge in [0, 0.05) is 6.54 Å². The molecule has 0 atom stereocenters. The van der Waals surface area contributed by atoms with Crippen molar-refractivity contribution in [3.8, 4) is 11.5 Å². The zero-order valence-corrected chi connectivity index (χ0v) is 16.1. The number of benzene rings is 2. The summed E-state index contributed by atoms with van der Waals surface area (Å²) in [5.74, 6) is 0.907. The van der Waals surface area contributed by atoms with Gasteiger partial charge in [-0.2, -0.15) is 0 Å². The van der Waals surface area contributed by atoms with Crippen molar-refractivity contribution in [3.05, 3.63) is 59.9 Å². The first kappa shape index (κ1) is 19.5. The third kappa shape index (κ3) is 4.52. The molecule has 1 aliphatic heterocycles. The van der Waals surface area contributed by atoms with Gasteiger partial charge in [0.2, 0.25) is 5.91 Å². The minimum Gasteiger partial charge on any atom is -0.497 e. The van der Waals surface area contributed by atoms with Gasteiger partial charge in [-0.3, -0.25) is 14.5 Å². The average molecular weight is 380 g/mol. The number of nitrogens with zero attached hydrogens (tertiary/aromatic N) is 1. The Labute approximate surface area is 164 Å². The number of unbranched alkanes of at least 4 members (excludes halogenated alkanes) is 1. The molecule has 6 nitrogen and oxygen atoms in total. The molecule has 0 bridgehead atoms. The van der Waals surface area contributed by atoms with Crippen molar-refractivity contribution in [2.75, 3.05) is 25.1 Å². The molecule has 0 unspecified atom stereocenters. The first-order chi connectivity index (χ1) is 13.6. The third-order valence-electron chi connectivity index (χ3n) is 4.40. The van der Waals surface area contributed by atoms with E-state index in [1.807, 2.05) is 36.4 Å². The van der Waals surface area contributed by atoms with Crippen molar-refractivity contribution in [1.82, 2.24) is 5.32 Å². The second-order valence-electron chi connectivity index (χ2n) is 6.45. The van der Waals surface area contributed by atoms with Crippen LogP contribution in [-0.2, 0) is 9.59 Å². The van der Waals surface area contributed by atoms with Crippen molar-refractivity contribution in [1.29, 1.82) is 0 Å². The minimum atomic E-state index is -0.347. The van der Waals surface area contributed by atoms with E-state index >= 15 is 0 Å². The fourth-order valence-corrected chi connectivity index (χ4v) is 2.87. The Morgan fingerprint density at radius 2 is 1.93 bits per heavy atom. The van der Waals surface area contributed by atoms with E-state index < -0.39 is 0 Å². The quantitative estimate of drug-likeness (QED) is 0.591. The van der Waals surface area contributed by atoms with Crippen molar-refractivity contribution in [2.45, 2.75) is 19.8 Å². The van der Waals surface area contributed by atoms with Gasteiger partial charge in [-0.1, -0.05) is 37.6 Å². The van der Waals surface area contributed by atoms with Crippen molar-refractivity contribution in [2.24, 2.45) is 0 Å². The lowest BCUT2D eigenvalue weighted by Crippen LogP contribution is -2.44. The monoisotopic (exact) mass is 380 g/mol. The SMILES string of the molecule is CCCCNC(=O)CN1C(=O)C(=Cc2ccc(OC)cc2)Oc2ccccc21. The molecule has 146 valence electrons. The maximum absolute atomic E-state index is 13.0. The predicted molar refractivity (Wildman–Crippen MR) is 108 cm³/mol. The highest BCUT2D eigenvalue weighted by atomic mass is 16.5. The summed E-state index contributed by atoms with van der Waals surface area (Å²) >= 11 is 0. The number of hydrogen-bond donors (Lipinski definition) is 1. The van der Waals surface area contributed by atoms with Crippen LogP contribution in [0.4, 0.5) is 5.69 Å². The predicted octanol–water partition coefficient (Wildman–Crippen LogP) is 3.38. The first-order valence-electron chi connectivity index (χ1n) is 9.33. The Morgan fingerprint density at radius 3 is 2.64 bits per heavy atom. The van der Waals surface area contributed by atoms with E-state index in [0.717, 1.165) is 24.2 Å². The van der Waals surface area contributed by atoms with E-state index in [2.05, 4.69) is 12.2 Å². The van der Waals surface area contributed by atoms with Crippen LogP contribution in [0.5, 0.6) is 11.5 Å². The topological polar surface area (TPSA) is 67.9 Å². The van der Waals surface area contributed by atoms with Crippen molar-refractivity contribution in [3.63, 3.8) is 0 Å². The summed E-state index contributed by atoms with van der Waals surface area (Å²) in [7, 11) is 1.60. The lowest BCUT2D eigenvalue weighted by atomic mass is 10.1. The number of carbonyl (C=O) groups is 2. The molecule has 2 amide bonds. The first-order valence-corrected chi connectivity index (χ1v) is 9.33. The van der Waals surface area contributed by atoms with E-state index in [0.29, 0.717) is 18.0 Å². The molecule has 0 radical (unpaired) electrons. The number of methoxy groups -OCH3 is 1. The number of hydrogen-bond acceptors (Lipinski definition) is 4. The number of amides is 2. The van der Waals surface area contributed by atoms with Crippen LogP contribution in [0.1, 0.15) is 25.3 Å². The molecule has 0 fully saturated rings. The molecule has 2 aromatic rings. The molecule has 0 aliphatic carbocycles. The van der Waals surface area contributed by atoms with Crippen LogP contribution in [0.2, 0.25) is 0 Å². The summed E-state index contributed by atoms with van der Waals surface area (Å²) in [5, 5.41) is 2.85. The Bertz CT molecular complexity index is 874. The van der Waals surface area contributed by atoms with Gasteiger partial charge >= 0.3 is 0 Å². The van der Waals surface area contributed by atoms with E-state index in [9.17, 15) is 9.59 Å². The molecule has 1 aliphatic rings. The van der Waals surface area contributed by atoms with Crippen LogP contribution < -0.4 is 19.7 Å². The molecule has 0 saturated heterocycles. The largest absolute Gasteiger partial charge is 0.497 e. The van der Waals surface area contributed by atoms with E-state index in [4.69, 9.17) is 9.47 Å². The summed E-state index contributed by atoms with van der Waals surface area (Å²) in [6, 6.07) is 14.5. The highest BCUT2D eigenvalue weighted by Crippen LogP contribution is 2.35. The fourth-order valence-electron chi connectivity index (χ4n) is 2.87. The summed E-state index contributed by atoms with van der Waals surface area (Å²) in [5.41, 5.74) is 1.39. The van der Waals surface area contributed by atoms with Gasteiger partial charge in [0.15, 0.2) is 11.5 Å². The normalized spacial score (nSPS) is 14.4. The van der Waals surface area contributed by atoms with Gasteiger partial charge in [-0.05, 0) is 42.3 Å². The molecular weight excluding hydrogens is 356 g/mol. The van der Waals surface area contributed by atoms with Crippen LogP contribution in [0, 0.1) is 0 Å². The fraction of sp³-hybridized carbons (Fsp3) is 0.273. The van der Waals surface area contributed by atoms with E-state index in [1.54, 1.807) is 25.3 Å². The minimum absolute atomic E-state index is 0.0527. The number of fused-ring (bicyclic) bond motifs is 1. The molecule has 1 N–H and O–H groups in total. The van der Waals surface area contributed by atoms with Gasteiger partial charge in [0.05, 0.1) is 12.8 Å². The number of para-hydroxylation sites is 2. The maximum atomic E-state index is 13.0. The average Bonchev–Trinajstić information content (AvgIpc) is 2.72. The molecule has 2 aromatic carbocycles. The lowest BCUT2D eigenvalue weighted by Gasteiger charge is -2.30. The number of nitrogens with one attached hydrogen (secondary N) is 1. The van der Waals surface area contributed by atoms with E-state index in [-0.39, 0.29) is 24.1 Å².